The minimum Gasteiger partial charge on any atom is -0.367 e. The van der Waals surface area contributed by atoms with Crippen molar-refractivity contribution in [3.8, 4) is 0 Å². The fraction of sp³-hybridized carbons (Fsp3) is 0.609. The molecular weight excluding hydrogens is 380 g/mol. The molecule has 0 aromatic heterocycles. The van der Waals surface area contributed by atoms with Gasteiger partial charge in [0, 0.05) is 42.8 Å². The molecule has 0 bridgehead atoms. The van der Waals surface area contributed by atoms with Crippen LogP contribution in [-0.2, 0) is 16.1 Å². The summed E-state index contributed by atoms with van der Waals surface area (Å²) in [4.78, 5) is 40.8. The second kappa shape index (κ2) is 8.76. The van der Waals surface area contributed by atoms with Gasteiger partial charge in [0.25, 0.3) is 5.91 Å². The van der Waals surface area contributed by atoms with E-state index in [-0.39, 0.29) is 24.1 Å². The molecule has 1 aromatic carbocycles. The van der Waals surface area contributed by atoms with Gasteiger partial charge in [-0.05, 0) is 56.5 Å². The number of hydrogen-bond acceptors (Lipinski definition) is 5. The van der Waals surface area contributed by atoms with Crippen LogP contribution in [0.3, 0.4) is 0 Å². The van der Waals surface area contributed by atoms with Gasteiger partial charge in [0.1, 0.15) is 6.04 Å². The second-order valence-corrected chi connectivity index (χ2v) is 8.54. The summed E-state index contributed by atoms with van der Waals surface area (Å²) in [5.41, 5.74) is 2.78. The lowest BCUT2D eigenvalue weighted by Gasteiger charge is -2.41. The van der Waals surface area contributed by atoms with Gasteiger partial charge >= 0.3 is 0 Å². The molecule has 0 spiro atoms. The average Bonchev–Trinajstić information content (AvgIpc) is 3.06. The van der Waals surface area contributed by atoms with E-state index in [9.17, 15) is 14.4 Å². The first kappa shape index (κ1) is 20.8. The van der Waals surface area contributed by atoms with Gasteiger partial charge in [-0.3, -0.25) is 19.7 Å². The highest BCUT2D eigenvalue weighted by molar-refractivity contribution is 6.05. The fourth-order valence-corrected chi connectivity index (χ4v) is 5.33. The highest BCUT2D eigenvalue weighted by atomic mass is 16.2. The number of imide groups is 1. The highest BCUT2D eigenvalue weighted by Crippen LogP contribution is 2.33. The number of hydrogen-bond donors (Lipinski definition) is 2. The number of anilines is 1. The molecule has 0 radical (unpaired) electrons. The summed E-state index contributed by atoms with van der Waals surface area (Å²) in [7, 11) is 0. The summed E-state index contributed by atoms with van der Waals surface area (Å²) < 4.78 is 0. The minimum atomic E-state index is -0.565. The topological polar surface area (TPSA) is 81.8 Å². The first-order chi connectivity index (χ1) is 14.5. The molecule has 3 aliphatic rings. The van der Waals surface area contributed by atoms with Crippen LogP contribution < -0.4 is 15.5 Å². The van der Waals surface area contributed by atoms with Gasteiger partial charge < -0.3 is 15.1 Å². The van der Waals surface area contributed by atoms with Crippen LogP contribution in [0.15, 0.2) is 18.2 Å². The number of fused-ring (bicyclic) bond motifs is 1. The molecule has 30 heavy (non-hydrogen) atoms. The lowest BCUT2D eigenvalue weighted by atomic mass is 9.88. The largest absolute Gasteiger partial charge is 0.367 e. The molecule has 162 valence electrons. The van der Waals surface area contributed by atoms with Crippen LogP contribution in [0.4, 0.5) is 5.69 Å². The number of amides is 3. The summed E-state index contributed by atoms with van der Waals surface area (Å²) in [5, 5.41) is 6.03. The van der Waals surface area contributed by atoms with Gasteiger partial charge in [-0.1, -0.05) is 19.8 Å². The Morgan fingerprint density at radius 3 is 2.67 bits per heavy atom. The predicted molar refractivity (Wildman–Crippen MR) is 115 cm³/mol. The van der Waals surface area contributed by atoms with E-state index in [1.54, 1.807) is 4.90 Å². The molecule has 1 saturated heterocycles. The Hall–Kier alpha value is -2.41. The minimum absolute atomic E-state index is 0.114. The maximum absolute atomic E-state index is 13.0. The third kappa shape index (κ3) is 3.83. The van der Waals surface area contributed by atoms with Crippen LogP contribution in [0.2, 0.25) is 0 Å². The smallest absolute Gasteiger partial charge is 0.255 e. The van der Waals surface area contributed by atoms with Crippen LogP contribution in [0.1, 0.15) is 68.3 Å². The number of nitrogens with zero attached hydrogens (tertiary/aromatic N) is 2. The van der Waals surface area contributed by atoms with Gasteiger partial charge in [0.05, 0.1) is 0 Å². The van der Waals surface area contributed by atoms with Crippen LogP contribution in [0.5, 0.6) is 0 Å². The number of likely N-dealkylation sites (N-methyl/N-ethyl adjacent to an activating group) is 2. The molecule has 7 heteroatoms. The number of rotatable bonds is 6. The number of benzene rings is 1. The van der Waals surface area contributed by atoms with Crippen LogP contribution in [0, 0.1) is 0 Å². The Kier molecular flexibility index (Phi) is 6.09. The lowest BCUT2D eigenvalue weighted by molar-refractivity contribution is -0.136. The quantitative estimate of drug-likeness (QED) is 0.700. The van der Waals surface area contributed by atoms with E-state index in [2.05, 4.69) is 35.4 Å². The lowest BCUT2D eigenvalue weighted by Crippen LogP contribution is -2.52. The number of carbonyl (C=O) groups excluding carboxylic acids is 3. The van der Waals surface area contributed by atoms with Crippen molar-refractivity contribution in [2.75, 3.05) is 18.0 Å². The average molecular weight is 413 g/mol. The summed E-state index contributed by atoms with van der Waals surface area (Å²) in [6.07, 6.45) is 5.55. The van der Waals surface area contributed by atoms with E-state index >= 15 is 0 Å². The molecule has 2 fully saturated rings. The second-order valence-electron chi connectivity index (χ2n) is 8.54. The Bertz CT molecular complexity index is 838. The number of carbonyl (C=O) groups is 3. The number of nitrogens with one attached hydrogen (secondary N) is 2. The van der Waals surface area contributed by atoms with Gasteiger partial charge in [-0.15, -0.1) is 0 Å². The van der Waals surface area contributed by atoms with E-state index < -0.39 is 6.04 Å². The van der Waals surface area contributed by atoms with Gasteiger partial charge in [0.2, 0.25) is 11.8 Å². The van der Waals surface area contributed by atoms with Crippen molar-refractivity contribution >= 4 is 23.4 Å². The zero-order chi connectivity index (χ0) is 21.3. The van der Waals surface area contributed by atoms with Crippen molar-refractivity contribution in [1.29, 1.82) is 0 Å². The van der Waals surface area contributed by atoms with E-state index in [0.717, 1.165) is 24.3 Å². The SMILES string of the molecule is CCN[C@H]1CCCC[C@H]1N(CC)c1ccc2c(c1)CN(C1CCC(=O)NC1=O)C2=O. The molecule has 7 nitrogen and oxygen atoms in total. The van der Waals surface area contributed by atoms with Gasteiger partial charge in [-0.25, -0.2) is 0 Å². The molecule has 2 N–H and O–H groups in total. The summed E-state index contributed by atoms with van der Waals surface area (Å²) in [6, 6.07) is 6.45. The normalized spacial score (nSPS) is 26.5. The Labute approximate surface area is 178 Å². The van der Waals surface area contributed by atoms with Crippen molar-refractivity contribution < 1.29 is 14.4 Å². The van der Waals surface area contributed by atoms with Crippen LogP contribution in [-0.4, -0.2) is 53.8 Å². The summed E-state index contributed by atoms with van der Waals surface area (Å²) >= 11 is 0. The first-order valence-electron chi connectivity index (χ1n) is 11.3. The summed E-state index contributed by atoms with van der Waals surface area (Å²) in [5.74, 6) is -0.736. The molecule has 1 saturated carbocycles. The maximum Gasteiger partial charge on any atom is 0.255 e. The molecule has 4 rings (SSSR count). The first-order valence-corrected chi connectivity index (χ1v) is 11.3. The van der Waals surface area contributed by atoms with E-state index in [1.807, 2.05) is 12.1 Å². The molecule has 2 aliphatic heterocycles. The van der Waals surface area contributed by atoms with Crippen LogP contribution in [0.25, 0.3) is 0 Å². The van der Waals surface area contributed by atoms with Crippen LogP contribution >= 0.6 is 0 Å². The van der Waals surface area contributed by atoms with Crippen molar-refractivity contribution in [3.05, 3.63) is 29.3 Å². The van der Waals surface area contributed by atoms with Gasteiger partial charge in [0.15, 0.2) is 0 Å². The van der Waals surface area contributed by atoms with Crippen molar-refractivity contribution in [2.45, 2.75) is 77.0 Å². The molecule has 1 aromatic rings. The molecule has 3 amide bonds. The molecular formula is C23H32N4O3. The van der Waals surface area contributed by atoms with E-state index in [1.165, 1.54) is 25.7 Å². The number of piperidine rings is 1. The zero-order valence-corrected chi connectivity index (χ0v) is 17.9. The fourth-order valence-electron chi connectivity index (χ4n) is 5.33. The van der Waals surface area contributed by atoms with Gasteiger partial charge in [-0.2, -0.15) is 0 Å². The predicted octanol–water partition coefficient (Wildman–Crippen LogP) is 2.19. The molecule has 2 heterocycles. The third-order valence-corrected chi connectivity index (χ3v) is 6.78. The zero-order valence-electron chi connectivity index (χ0n) is 17.9. The molecule has 1 aliphatic carbocycles. The Morgan fingerprint density at radius 1 is 1.13 bits per heavy atom. The van der Waals surface area contributed by atoms with E-state index in [0.29, 0.717) is 30.6 Å². The van der Waals surface area contributed by atoms with E-state index in [4.69, 9.17) is 0 Å². The Morgan fingerprint density at radius 2 is 1.93 bits per heavy atom. The van der Waals surface area contributed by atoms with Crippen molar-refractivity contribution in [2.24, 2.45) is 0 Å². The molecule has 1 unspecified atom stereocenters. The summed E-state index contributed by atoms with van der Waals surface area (Å²) in [6.45, 7) is 6.65. The maximum atomic E-state index is 13.0. The monoisotopic (exact) mass is 412 g/mol. The standard InChI is InChI=1S/C23H32N4O3/c1-3-24-18-7-5-6-8-19(18)26(4-2)16-9-10-17-15(13-16)14-27(23(17)30)20-11-12-21(28)25-22(20)29/h9-10,13,18-20,24H,3-8,11-12,14H2,1-2H3,(H,25,28,29)/t18-,19+,20?/m0/s1. The Balaban J connectivity index is 1.55. The van der Waals surface area contributed by atoms with Crippen molar-refractivity contribution in [1.82, 2.24) is 15.5 Å². The highest BCUT2D eigenvalue weighted by Gasteiger charge is 2.39. The molecule has 3 atom stereocenters. The van der Waals surface area contributed by atoms with Crippen molar-refractivity contribution in [3.63, 3.8) is 0 Å². The third-order valence-electron chi connectivity index (χ3n) is 6.78.